The van der Waals surface area contributed by atoms with Crippen LogP contribution in [0.3, 0.4) is 0 Å². The van der Waals surface area contributed by atoms with E-state index in [4.69, 9.17) is 4.74 Å². The van der Waals surface area contributed by atoms with Crippen LogP contribution in [0.4, 0.5) is 0 Å². The van der Waals surface area contributed by atoms with E-state index in [1.54, 1.807) is 36.4 Å². The first-order chi connectivity index (χ1) is 14.2. The SMILES string of the molecule is O=C(OCc1ccccc1)/C(=C/C=C/c1ccccc1)NC(=O)c1ccccc1. The molecular formula is C25H21NO3. The summed E-state index contributed by atoms with van der Waals surface area (Å²) in [4.78, 5) is 25.1. The maximum atomic E-state index is 12.6. The fourth-order valence-electron chi connectivity index (χ4n) is 2.57. The van der Waals surface area contributed by atoms with E-state index in [0.29, 0.717) is 5.56 Å². The van der Waals surface area contributed by atoms with Crippen LogP contribution in [0.5, 0.6) is 0 Å². The van der Waals surface area contributed by atoms with E-state index >= 15 is 0 Å². The molecule has 0 aliphatic heterocycles. The molecule has 0 aliphatic carbocycles. The summed E-state index contributed by atoms with van der Waals surface area (Å²) in [5.41, 5.74) is 2.38. The molecule has 0 bridgehead atoms. The molecular weight excluding hydrogens is 362 g/mol. The number of hydrogen-bond acceptors (Lipinski definition) is 3. The van der Waals surface area contributed by atoms with Crippen molar-refractivity contribution in [1.82, 2.24) is 5.32 Å². The van der Waals surface area contributed by atoms with E-state index in [0.717, 1.165) is 11.1 Å². The molecule has 0 fully saturated rings. The van der Waals surface area contributed by atoms with E-state index in [1.807, 2.05) is 72.8 Å². The molecule has 0 saturated heterocycles. The summed E-state index contributed by atoms with van der Waals surface area (Å²) in [5, 5.41) is 2.65. The summed E-state index contributed by atoms with van der Waals surface area (Å²) in [5.74, 6) is -0.975. The Hall–Kier alpha value is -3.92. The number of rotatable bonds is 7. The molecule has 29 heavy (non-hydrogen) atoms. The Balaban J connectivity index is 1.74. The fourth-order valence-corrected chi connectivity index (χ4v) is 2.57. The zero-order valence-corrected chi connectivity index (χ0v) is 15.8. The maximum absolute atomic E-state index is 12.6. The summed E-state index contributed by atoms with van der Waals surface area (Å²) < 4.78 is 5.37. The Morgan fingerprint density at radius 3 is 2.03 bits per heavy atom. The summed E-state index contributed by atoms with van der Waals surface area (Å²) >= 11 is 0. The monoisotopic (exact) mass is 383 g/mol. The van der Waals surface area contributed by atoms with Crippen molar-refractivity contribution in [1.29, 1.82) is 0 Å². The lowest BCUT2D eigenvalue weighted by Gasteiger charge is -2.10. The van der Waals surface area contributed by atoms with Gasteiger partial charge in [-0.3, -0.25) is 4.79 Å². The van der Waals surface area contributed by atoms with Crippen molar-refractivity contribution in [2.24, 2.45) is 0 Å². The minimum atomic E-state index is -0.601. The predicted molar refractivity (Wildman–Crippen MR) is 114 cm³/mol. The number of carbonyl (C=O) groups excluding carboxylic acids is 2. The van der Waals surface area contributed by atoms with Gasteiger partial charge in [-0.05, 0) is 29.3 Å². The average molecular weight is 383 g/mol. The quantitative estimate of drug-likeness (QED) is 0.364. The zero-order chi connectivity index (χ0) is 20.3. The summed E-state index contributed by atoms with van der Waals surface area (Å²) in [6, 6.07) is 27.8. The highest BCUT2D eigenvalue weighted by Crippen LogP contribution is 2.07. The standard InChI is InChI=1S/C25H21NO3/c27-24(22-16-8-3-9-17-22)26-23(18-10-15-20-11-4-1-5-12-20)25(28)29-19-21-13-6-2-7-14-21/h1-18H,19H2,(H,26,27)/b15-10+,23-18-. The van der Waals surface area contributed by atoms with Crippen LogP contribution in [-0.4, -0.2) is 11.9 Å². The Morgan fingerprint density at radius 2 is 1.38 bits per heavy atom. The predicted octanol–water partition coefficient (Wildman–Crippen LogP) is 4.76. The number of amides is 1. The van der Waals surface area contributed by atoms with Gasteiger partial charge in [0.05, 0.1) is 0 Å². The minimum Gasteiger partial charge on any atom is -0.456 e. The number of nitrogens with one attached hydrogen (secondary N) is 1. The van der Waals surface area contributed by atoms with Crippen molar-refractivity contribution >= 4 is 18.0 Å². The highest BCUT2D eigenvalue weighted by Gasteiger charge is 2.15. The fraction of sp³-hybridized carbons (Fsp3) is 0.0400. The van der Waals surface area contributed by atoms with Crippen molar-refractivity contribution in [3.63, 3.8) is 0 Å². The summed E-state index contributed by atoms with van der Waals surface area (Å²) in [7, 11) is 0. The molecule has 144 valence electrons. The second kappa shape index (κ2) is 10.4. The molecule has 0 heterocycles. The van der Waals surface area contributed by atoms with Crippen LogP contribution >= 0.6 is 0 Å². The van der Waals surface area contributed by atoms with Gasteiger partial charge >= 0.3 is 5.97 Å². The van der Waals surface area contributed by atoms with Crippen molar-refractivity contribution in [3.05, 3.63) is 126 Å². The van der Waals surface area contributed by atoms with E-state index in [9.17, 15) is 9.59 Å². The first-order valence-corrected chi connectivity index (χ1v) is 9.23. The molecule has 3 aromatic rings. The van der Waals surface area contributed by atoms with Gasteiger partial charge in [-0.25, -0.2) is 4.79 Å². The molecule has 0 radical (unpaired) electrons. The van der Waals surface area contributed by atoms with Gasteiger partial charge in [0.15, 0.2) is 0 Å². The van der Waals surface area contributed by atoms with Gasteiger partial charge in [0.1, 0.15) is 12.3 Å². The largest absolute Gasteiger partial charge is 0.456 e. The Morgan fingerprint density at radius 1 is 0.793 bits per heavy atom. The van der Waals surface area contributed by atoms with Gasteiger partial charge in [-0.1, -0.05) is 91.0 Å². The maximum Gasteiger partial charge on any atom is 0.355 e. The van der Waals surface area contributed by atoms with Gasteiger partial charge in [0.2, 0.25) is 0 Å². The van der Waals surface area contributed by atoms with Crippen molar-refractivity contribution < 1.29 is 14.3 Å². The van der Waals surface area contributed by atoms with E-state index < -0.39 is 5.97 Å². The first-order valence-electron chi connectivity index (χ1n) is 9.23. The van der Waals surface area contributed by atoms with Crippen LogP contribution < -0.4 is 5.32 Å². The molecule has 4 heteroatoms. The second-order valence-corrected chi connectivity index (χ2v) is 6.23. The van der Waals surface area contributed by atoms with Gasteiger partial charge in [0, 0.05) is 5.56 Å². The number of benzene rings is 3. The van der Waals surface area contributed by atoms with Crippen LogP contribution in [0.25, 0.3) is 6.08 Å². The topological polar surface area (TPSA) is 55.4 Å². The lowest BCUT2D eigenvalue weighted by Crippen LogP contribution is -2.28. The minimum absolute atomic E-state index is 0.0713. The Kier molecular flexibility index (Phi) is 7.13. The Labute approximate surface area is 170 Å². The molecule has 3 rings (SSSR count). The number of allylic oxidation sites excluding steroid dienone is 2. The van der Waals surface area contributed by atoms with Crippen molar-refractivity contribution in [2.45, 2.75) is 6.61 Å². The molecule has 0 aromatic heterocycles. The Bertz CT molecular complexity index is 994. The molecule has 0 spiro atoms. The van der Waals surface area contributed by atoms with Crippen LogP contribution in [0.1, 0.15) is 21.5 Å². The third kappa shape index (κ3) is 6.33. The zero-order valence-electron chi connectivity index (χ0n) is 15.8. The number of hydrogen-bond donors (Lipinski definition) is 1. The van der Waals surface area contributed by atoms with Gasteiger partial charge in [0.25, 0.3) is 5.91 Å². The average Bonchev–Trinajstić information content (AvgIpc) is 2.78. The molecule has 1 N–H and O–H groups in total. The van der Waals surface area contributed by atoms with E-state index in [-0.39, 0.29) is 18.2 Å². The molecule has 3 aromatic carbocycles. The van der Waals surface area contributed by atoms with Crippen LogP contribution in [0.15, 0.2) is 109 Å². The number of carbonyl (C=O) groups is 2. The lowest BCUT2D eigenvalue weighted by atomic mass is 10.2. The molecule has 4 nitrogen and oxygen atoms in total. The third-order valence-corrected chi connectivity index (χ3v) is 4.07. The van der Waals surface area contributed by atoms with Crippen LogP contribution in [-0.2, 0) is 16.1 Å². The second-order valence-electron chi connectivity index (χ2n) is 6.23. The molecule has 1 amide bonds. The van der Waals surface area contributed by atoms with Crippen molar-refractivity contribution in [3.8, 4) is 0 Å². The molecule has 0 saturated carbocycles. The highest BCUT2D eigenvalue weighted by atomic mass is 16.5. The first kappa shape index (κ1) is 19.8. The van der Waals surface area contributed by atoms with Crippen LogP contribution in [0, 0.1) is 0 Å². The van der Waals surface area contributed by atoms with Gasteiger partial charge in [-0.2, -0.15) is 0 Å². The van der Waals surface area contributed by atoms with Crippen molar-refractivity contribution in [2.75, 3.05) is 0 Å². The normalized spacial score (nSPS) is 11.2. The lowest BCUT2D eigenvalue weighted by molar-refractivity contribution is -0.140. The number of ether oxygens (including phenoxy) is 1. The third-order valence-electron chi connectivity index (χ3n) is 4.07. The van der Waals surface area contributed by atoms with Gasteiger partial charge in [-0.15, -0.1) is 0 Å². The number of esters is 1. The molecule has 0 unspecified atom stereocenters. The van der Waals surface area contributed by atoms with Crippen LogP contribution in [0.2, 0.25) is 0 Å². The highest BCUT2D eigenvalue weighted by molar-refractivity contribution is 6.01. The van der Waals surface area contributed by atoms with Gasteiger partial charge < -0.3 is 10.1 Å². The molecule has 0 atom stereocenters. The summed E-state index contributed by atoms with van der Waals surface area (Å²) in [6.45, 7) is 0.126. The van der Waals surface area contributed by atoms with E-state index in [2.05, 4.69) is 5.32 Å². The summed E-state index contributed by atoms with van der Waals surface area (Å²) in [6.07, 6.45) is 5.10. The smallest absolute Gasteiger partial charge is 0.355 e. The van der Waals surface area contributed by atoms with E-state index in [1.165, 1.54) is 0 Å². The molecule has 0 aliphatic rings.